The average molecular weight is 257 g/mol. The number of hydrogen-bond acceptors (Lipinski definition) is 5. The first kappa shape index (κ1) is 13.3. The smallest absolute Gasteiger partial charge is 0.148 e. The van der Waals surface area contributed by atoms with E-state index in [2.05, 4.69) is 46.3 Å². The van der Waals surface area contributed by atoms with Crippen LogP contribution in [0.5, 0.6) is 0 Å². The number of hydrogen-bond donors (Lipinski definition) is 2. The summed E-state index contributed by atoms with van der Waals surface area (Å²) >= 11 is 0. The van der Waals surface area contributed by atoms with Crippen molar-refractivity contribution in [2.45, 2.75) is 20.3 Å². The molecule has 0 aliphatic rings. The molecule has 3 N–H and O–H groups in total. The molecule has 0 atom stereocenters. The van der Waals surface area contributed by atoms with Gasteiger partial charge < -0.3 is 10.3 Å². The number of benzene rings is 1. The molecule has 1 aromatic carbocycles. The van der Waals surface area contributed by atoms with Crippen molar-refractivity contribution in [1.29, 1.82) is 0 Å². The lowest BCUT2D eigenvalue weighted by atomic mass is 10.2. The standard InChI is InChI=1S/C14H19N5/c1-3-12-13(18-15)16-10-17-14(12)19(4-2)11-8-6-5-7-9-11/h5-10H,3-4,15H2,1-2H3,(H,16,17,18). The van der Waals surface area contributed by atoms with Crippen molar-refractivity contribution in [3.8, 4) is 0 Å². The Hall–Kier alpha value is -2.14. The summed E-state index contributed by atoms with van der Waals surface area (Å²) in [6.07, 6.45) is 2.36. The second kappa shape index (κ2) is 6.15. The highest BCUT2D eigenvalue weighted by molar-refractivity contribution is 5.67. The molecule has 0 aliphatic carbocycles. The van der Waals surface area contributed by atoms with Crippen molar-refractivity contribution < 1.29 is 0 Å². The van der Waals surface area contributed by atoms with E-state index >= 15 is 0 Å². The van der Waals surface area contributed by atoms with Crippen LogP contribution < -0.4 is 16.2 Å². The minimum absolute atomic E-state index is 0.682. The molecule has 0 saturated carbocycles. The van der Waals surface area contributed by atoms with Gasteiger partial charge in [0.1, 0.15) is 18.0 Å². The number of para-hydroxylation sites is 1. The lowest BCUT2D eigenvalue weighted by Crippen LogP contribution is -2.21. The molecule has 0 radical (unpaired) electrons. The first-order valence-corrected chi connectivity index (χ1v) is 6.44. The normalized spacial score (nSPS) is 10.3. The average Bonchev–Trinajstić information content (AvgIpc) is 2.48. The van der Waals surface area contributed by atoms with Gasteiger partial charge in [0.2, 0.25) is 0 Å². The largest absolute Gasteiger partial charge is 0.326 e. The van der Waals surface area contributed by atoms with Crippen molar-refractivity contribution in [3.63, 3.8) is 0 Å². The topological polar surface area (TPSA) is 67.1 Å². The summed E-state index contributed by atoms with van der Waals surface area (Å²) in [6.45, 7) is 5.00. The minimum Gasteiger partial charge on any atom is -0.326 e. The van der Waals surface area contributed by atoms with Crippen LogP contribution in [-0.2, 0) is 6.42 Å². The monoisotopic (exact) mass is 257 g/mol. The molecular formula is C14H19N5. The minimum atomic E-state index is 0.682. The molecule has 0 fully saturated rings. The molecule has 5 nitrogen and oxygen atoms in total. The number of nitrogen functional groups attached to an aromatic ring is 1. The highest BCUT2D eigenvalue weighted by Crippen LogP contribution is 2.29. The quantitative estimate of drug-likeness (QED) is 0.636. The molecule has 0 unspecified atom stereocenters. The highest BCUT2D eigenvalue weighted by atomic mass is 15.3. The van der Waals surface area contributed by atoms with Crippen molar-refractivity contribution in [2.75, 3.05) is 16.9 Å². The van der Waals surface area contributed by atoms with Gasteiger partial charge in [-0.05, 0) is 25.5 Å². The van der Waals surface area contributed by atoms with Crippen LogP contribution in [0.3, 0.4) is 0 Å². The summed E-state index contributed by atoms with van der Waals surface area (Å²) in [5.74, 6) is 7.10. The number of nitrogens with zero attached hydrogens (tertiary/aromatic N) is 3. The Kier molecular flexibility index (Phi) is 4.30. The molecule has 2 rings (SSSR count). The molecule has 2 aromatic rings. The van der Waals surface area contributed by atoms with E-state index in [0.29, 0.717) is 5.82 Å². The molecule has 0 aliphatic heterocycles. The van der Waals surface area contributed by atoms with Gasteiger partial charge in [-0.15, -0.1) is 0 Å². The molecule has 19 heavy (non-hydrogen) atoms. The molecule has 5 heteroatoms. The van der Waals surface area contributed by atoms with E-state index in [0.717, 1.165) is 30.0 Å². The zero-order valence-electron chi connectivity index (χ0n) is 11.3. The second-order valence-electron chi connectivity index (χ2n) is 4.10. The third-order valence-corrected chi connectivity index (χ3v) is 3.05. The van der Waals surface area contributed by atoms with Gasteiger partial charge in [-0.3, -0.25) is 0 Å². The summed E-state index contributed by atoms with van der Waals surface area (Å²) < 4.78 is 0. The van der Waals surface area contributed by atoms with Gasteiger partial charge >= 0.3 is 0 Å². The molecule has 1 aromatic heterocycles. The van der Waals surface area contributed by atoms with Crippen molar-refractivity contribution in [2.24, 2.45) is 5.84 Å². The van der Waals surface area contributed by atoms with E-state index in [4.69, 9.17) is 5.84 Å². The number of anilines is 3. The predicted octanol–water partition coefficient (Wildman–Crippen LogP) is 2.48. The van der Waals surface area contributed by atoms with E-state index in [-0.39, 0.29) is 0 Å². The maximum Gasteiger partial charge on any atom is 0.148 e. The fraction of sp³-hybridized carbons (Fsp3) is 0.286. The van der Waals surface area contributed by atoms with Gasteiger partial charge in [0.15, 0.2) is 0 Å². The highest BCUT2D eigenvalue weighted by Gasteiger charge is 2.15. The second-order valence-corrected chi connectivity index (χ2v) is 4.10. The van der Waals surface area contributed by atoms with Gasteiger partial charge in [-0.1, -0.05) is 25.1 Å². The fourth-order valence-electron chi connectivity index (χ4n) is 2.15. The van der Waals surface area contributed by atoms with Crippen LogP contribution in [0, 0.1) is 0 Å². The summed E-state index contributed by atoms with van der Waals surface area (Å²) in [6, 6.07) is 10.2. The zero-order valence-corrected chi connectivity index (χ0v) is 11.3. The van der Waals surface area contributed by atoms with Crippen LogP contribution >= 0.6 is 0 Å². The van der Waals surface area contributed by atoms with Crippen LogP contribution in [0.1, 0.15) is 19.4 Å². The lowest BCUT2D eigenvalue weighted by Gasteiger charge is -2.25. The maximum absolute atomic E-state index is 5.52. The Morgan fingerprint density at radius 3 is 2.47 bits per heavy atom. The van der Waals surface area contributed by atoms with Gasteiger partial charge in [-0.25, -0.2) is 15.8 Å². The van der Waals surface area contributed by atoms with Crippen molar-refractivity contribution in [3.05, 3.63) is 42.2 Å². The molecule has 100 valence electrons. The molecule has 0 saturated heterocycles. The summed E-state index contributed by atoms with van der Waals surface area (Å²) in [7, 11) is 0. The van der Waals surface area contributed by atoms with Crippen LogP contribution in [-0.4, -0.2) is 16.5 Å². The number of hydrazine groups is 1. The fourth-order valence-corrected chi connectivity index (χ4v) is 2.15. The Morgan fingerprint density at radius 2 is 1.89 bits per heavy atom. The zero-order chi connectivity index (χ0) is 13.7. The number of nitrogens with one attached hydrogen (secondary N) is 1. The molecule has 0 bridgehead atoms. The van der Waals surface area contributed by atoms with Crippen LogP contribution in [0.4, 0.5) is 17.3 Å². The van der Waals surface area contributed by atoms with Gasteiger partial charge in [0, 0.05) is 17.8 Å². The van der Waals surface area contributed by atoms with Crippen LogP contribution in [0.15, 0.2) is 36.7 Å². The number of rotatable bonds is 5. The lowest BCUT2D eigenvalue weighted by molar-refractivity contribution is 0.938. The van der Waals surface area contributed by atoms with Crippen molar-refractivity contribution >= 4 is 17.3 Å². The third kappa shape index (κ3) is 2.66. The van der Waals surface area contributed by atoms with Crippen LogP contribution in [0.2, 0.25) is 0 Å². The predicted molar refractivity (Wildman–Crippen MR) is 78.3 cm³/mol. The van der Waals surface area contributed by atoms with E-state index < -0.39 is 0 Å². The Morgan fingerprint density at radius 1 is 1.16 bits per heavy atom. The van der Waals surface area contributed by atoms with E-state index in [1.54, 1.807) is 0 Å². The first-order valence-electron chi connectivity index (χ1n) is 6.44. The maximum atomic E-state index is 5.52. The SMILES string of the molecule is CCc1c(NN)ncnc1N(CC)c1ccccc1. The van der Waals surface area contributed by atoms with E-state index in [1.807, 2.05) is 18.2 Å². The summed E-state index contributed by atoms with van der Waals surface area (Å²) in [4.78, 5) is 10.7. The Bertz CT molecular complexity index is 527. The van der Waals surface area contributed by atoms with Crippen LogP contribution in [0.25, 0.3) is 0 Å². The molecule has 1 heterocycles. The summed E-state index contributed by atoms with van der Waals surface area (Å²) in [5, 5.41) is 0. The van der Waals surface area contributed by atoms with Crippen molar-refractivity contribution in [1.82, 2.24) is 9.97 Å². The Labute approximate surface area is 113 Å². The summed E-state index contributed by atoms with van der Waals surface area (Å²) in [5.41, 5.74) is 4.78. The first-order chi connectivity index (χ1) is 9.31. The van der Waals surface area contributed by atoms with Gasteiger partial charge in [-0.2, -0.15) is 0 Å². The molecule has 0 amide bonds. The Balaban J connectivity index is 2.50. The molecular weight excluding hydrogens is 238 g/mol. The van der Waals surface area contributed by atoms with Gasteiger partial charge in [0.05, 0.1) is 0 Å². The van der Waals surface area contributed by atoms with E-state index in [9.17, 15) is 0 Å². The van der Waals surface area contributed by atoms with Gasteiger partial charge in [0.25, 0.3) is 0 Å². The number of nitrogens with two attached hydrogens (primary N) is 1. The number of aromatic nitrogens is 2. The van der Waals surface area contributed by atoms with E-state index in [1.165, 1.54) is 6.33 Å². The third-order valence-electron chi connectivity index (χ3n) is 3.05. The molecule has 0 spiro atoms.